The average molecular weight is 720 g/mol. The quantitative estimate of drug-likeness (QED) is 0.0277. The Morgan fingerprint density at radius 1 is 0.592 bits per heavy atom. The topological polar surface area (TPSA) is 136 Å². The maximum absolute atomic E-state index is 12.5. The molecule has 1 unspecified atom stereocenters. The summed E-state index contributed by atoms with van der Waals surface area (Å²) in [6, 6.07) is 0. The first-order valence-corrected chi connectivity index (χ1v) is 21.9. The summed E-state index contributed by atoms with van der Waals surface area (Å²) in [5.41, 5.74) is 3.58. The molecule has 292 valence electrons. The van der Waals surface area contributed by atoms with E-state index in [2.05, 4.69) is 19.6 Å². The molecule has 0 aromatic carbocycles. The fourth-order valence-corrected chi connectivity index (χ4v) is 6.66. The summed E-state index contributed by atoms with van der Waals surface area (Å²) < 4.78 is 32.8. The molecule has 0 fully saturated rings. The lowest BCUT2D eigenvalue weighted by molar-refractivity contribution is -0.371. The fraction of sp³-hybridized carbons (Fsp3) is 0.923. The van der Waals surface area contributed by atoms with E-state index < -0.39 is 26.5 Å². The number of carbonyl (C=O) groups is 2. The molecule has 0 radical (unpaired) electrons. The molecule has 0 aliphatic carbocycles. The van der Waals surface area contributed by atoms with Crippen LogP contribution in [0.2, 0.25) is 0 Å². The van der Waals surface area contributed by atoms with Crippen LogP contribution in [0, 0.1) is 6.92 Å². The van der Waals surface area contributed by atoms with Crippen molar-refractivity contribution in [2.75, 3.05) is 26.4 Å². The van der Waals surface area contributed by atoms with Crippen molar-refractivity contribution >= 4 is 19.8 Å². The minimum Gasteiger partial charge on any atom is -0.462 e. The largest absolute Gasteiger partial charge is 0.472 e. The van der Waals surface area contributed by atoms with E-state index in [0.717, 1.165) is 38.5 Å². The van der Waals surface area contributed by atoms with Gasteiger partial charge >= 0.3 is 19.8 Å². The van der Waals surface area contributed by atoms with E-state index >= 15 is 0 Å². The molecule has 0 amide bonds. The van der Waals surface area contributed by atoms with Crippen LogP contribution < -0.4 is 5.73 Å². The molecule has 0 rings (SSSR count). The Labute approximate surface area is 301 Å². The van der Waals surface area contributed by atoms with Crippen molar-refractivity contribution in [2.45, 2.75) is 206 Å². The number of unbranched alkanes of at least 4 members (excludes halogenated alkanes) is 26. The standard InChI is InChI=1S/C39H77NO8P/c1-3-5-7-9-11-13-15-17-18-20-21-23-25-27-29-31-38(41)45-35-37(36-47-49(43,44)46-34-33-40)48-39(42)32-30-28-26-24-22-19-16-14-12-10-8-6-4-2/h37H,2-36,40H2,1H3,(H,43,44)/q-1/p+1/t37-/m1/s1. The SMILES string of the molecule is [CH2-]CCCCCCCCCCCCCCC(=O)O[C@H](COC(=O)CCCCCCCCCCCCCCCCC)COP(=O)(O)OCC[NH3+]. The second-order valence-corrected chi connectivity index (χ2v) is 15.2. The van der Waals surface area contributed by atoms with Gasteiger partial charge in [0, 0.05) is 12.8 Å². The summed E-state index contributed by atoms with van der Waals surface area (Å²) >= 11 is 0. The highest BCUT2D eigenvalue weighted by atomic mass is 31.2. The lowest BCUT2D eigenvalue weighted by atomic mass is 10.0. The Bertz CT molecular complexity index is 784. The number of ether oxygens (including phenoxy) is 2. The van der Waals surface area contributed by atoms with Crippen molar-refractivity contribution in [1.29, 1.82) is 0 Å². The van der Waals surface area contributed by atoms with Crippen LogP contribution in [0.25, 0.3) is 0 Å². The van der Waals surface area contributed by atoms with E-state index in [9.17, 15) is 19.0 Å². The second-order valence-electron chi connectivity index (χ2n) is 13.8. The number of phosphoric ester groups is 1. The minimum absolute atomic E-state index is 0.0381. The number of quaternary nitrogens is 1. The predicted octanol–water partition coefficient (Wildman–Crippen LogP) is 10.4. The van der Waals surface area contributed by atoms with Crippen molar-refractivity contribution in [2.24, 2.45) is 0 Å². The molecule has 49 heavy (non-hydrogen) atoms. The second kappa shape index (κ2) is 36.8. The van der Waals surface area contributed by atoms with Gasteiger partial charge in [-0.1, -0.05) is 167 Å². The molecule has 2 atom stereocenters. The zero-order chi connectivity index (χ0) is 36.1. The van der Waals surface area contributed by atoms with Crippen molar-refractivity contribution in [3.05, 3.63) is 6.92 Å². The number of hydrogen-bond acceptors (Lipinski definition) is 7. The zero-order valence-electron chi connectivity index (χ0n) is 31.8. The van der Waals surface area contributed by atoms with Crippen molar-refractivity contribution in [3.8, 4) is 0 Å². The molecule has 0 saturated heterocycles. The Balaban J connectivity index is 4.14. The summed E-state index contributed by atoms with van der Waals surface area (Å²) in [6.07, 6.45) is 33.6. The molecule has 0 saturated carbocycles. The third-order valence-electron chi connectivity index (χ3n) is 8.92. The summed E-state index contributed by atoms with van der Waals surface area (Å²) in [4.78, 5) is 34.8. The summed E-state index contributed by atoms with van der Waals surface area (Å²) in [5.74, 6) is -0.803. The van der Waals surface area contributed by atoms with Gasteiger partial charge in [0.05, 0.1) is 13.2 Å². The highest BCUT2D eigenvalue weighted by Crippen LogP contribution is 2.43. The molecule has 9 nitrogen and oxygen atoms in total. The highest BCUT2D eigenvalue weighted by molar-refractivity contribution is 7.47. The predicted molar refractivity (Wildman–Crippen MR) is 200 cm³/mol. The molecule has 0 aromatic heterocycles. The number of phosphoric acid groups is 1. The van der Waals surface area contributed by atoms with Gasteiger partial charge in [0.25, 0.3) is 0 Å². The molecule has 0 bridgehead atoms. The third-order valence-corrected chi connectivity index (χ3v) is 9.90. The first-order chi connectivity index (χ1) is 23.8. The van der Waals surface area contributed by atoms with Crippen LogP contribution in [0.5, 0.6) is 0 Å². The van der Waals surface area contributed by atoms with Crippen LogP contribution >= 0.6 is 7.82 Å². The lowest BCUT2D eigenvalue weighted by Gasteiger charge is -2.19. The van der Waals surface area contributed by atoms with Gasteiger partial charge in [-0.3, -0.25) is 18.6 Å². The van der Waals surface area contributed by atoms with Crippen LogP contribution in [-0.2, 0) is 32.7 Å². The van der Waals surface area contributed by atoms with E-state index in [-0.39, 0.29) is 25.6 Å². The van der Waals surface area contributed by atoms with Crippen molar-refractivity contribution in [1.82, 2.24) is 0 Å². The van der Waals surface area contributed by atoms with Gasteiger partial charge in [-0.05, 0) is 12.8 Å². The van der Waals surface area contributed by atoms with Crippen LogP contribution in [0.15, 0.2) is 0 Å². The van der Waals surface area contributed by atoms with E-state index in [0.29, 0.717) is 19.4 Å². The molecule has 4 N–H and O–H groups in total. The normalized spacial score (nSPS) is 13.3. The molecule has 0 aromatic rings. The van der Waals surface area contributed by atoms with Crippen molar-refractivity contribution in [3.63, 3.8) is 0 Å². The summed E-state index contributed by atoms with van der Waals surface area (Å²) in [7, 11) is -4.33. The molecule has 0 spiro atoms. The van der Waals surface area contributed by atoms with Gasteiger partial charge in [0.15, 0.2) is 6.10 Å². The molecular weight excluding hydrogens is 641 g/mol. The Morgan fingerprint density at radius 3 is 1.39 bits per heavy atom. The van der Waals surface area contributed by atoms with Crippen LogP contribution in [-0.4, -0.2) is 49.3 Å². The summed E-state index contributed by atoms with van der Waals surface area (Å²) in [5, 5.41) is 0. The Kier molecular flexibility index (Phi) is 36.0. The average Bonchev–Trinajstić information content (AvgIpc) is 3.08. The molecular formula is C39H78NO8P. The number of rotatable bonds is 39. The lowest BCUT2D eigenvalue weighted by Crippen LogP contribution is -2.52. The molecule has 0 aliphatic heterocycles. The van der Waals surface area contributed by atoms with Crippen LogP contribution in [0.1, 0.15) is 200 Å². The van der Waals surface area contributed by atoms with Crippen molar-refractivity contribution < 1.29 is 43.3 Å². The fourth-order valence-electron chi connectivity index (χ4n) is 5.87. The zero-order valence-corrected chi connectivity index (χ0v) is 32.7. The Hall–Kier alpha value is -0.990. The molecule has 10 heteroatoms. The number of carbonyl (C=O) groups excluding carboxylic acids is 2. The van der Waals surface area contributed by atoms with Gasteiger partial charge in [0.2, 0.25) is 0 Å². The smallest absolute Gasteiger partial charge is 0.462 e. The Morgan fingerprint density at radius 2 is 0.980 bits per heavy atom. The maximum Gasteiger partial charge on any atom is 0.472 e. The van der Waals surface area contributed by atoms with E-state index in [1.54, 1.807) is 0 Å². The van der Waals surface area contributed by atoms with Gasteiger partial charge in [-0.2, -0.15) is 6.42 Å². The van der Waals surface area contributed by atoms with Gasteiger partial charge in [0.1, 0.15) is 13.2 Å². The van der Waals surface area contributed by atoms with Crippen LogP contribution in [0.4, 0.5) is 0 Å². The minimum atomic E-state index is -4.33. The third kappa shape index (κ3) is 36.6. The van der Waals surface area contributed by atoms with Crippen LogP contribution in [0.3, 0.4) is 0 Å². The van der Waals surface area contributed by atoms with E-state index in [1.165, 1.54) is 135 Å². The monoisotopic (exact) mass is 720 g/mol. The molecule has 0 aliphatic rings. The number of esters is 2. The van der Waals surface area contributed by atoms with Gasteiger partial charge in [-0.15, -0.1) is 0 Å². The molecule has 0 heterocycles. The van der Waals surface area contributed by atoms with E-state index in [4.69, 9.17) is 18.5 Å². The highest BCUT2D eigenvalue weighted by Gasteiger charge is 2.26. The summed E-state index contributed by atoms with van der Waals surface area (Å²) in [6.45, 7) is 5.79. The van der Waals surface area contributed by atoms with E-state index in [1.807, 2.05) is 0 Å². The maximum atomic E-state index is 12.5. The number of hydrogen-bond donors (Lipinski definition) is 2. The first-order valence-electron chi connectivity index (χ1n) is 20.4. The van der Waals surface area contributed by atoms with Gasteiger partial charge in [-0.25, -0.2) is 4.57 Å². The first kappa shape index (κ1) is 48.0. The van der Waals surface area contributed by atoms with Gasteiger partial charge < -0.3 is 27.0 Å².